The second kappa shape index (κ2) is 47.3. The van der Waals surface area contributed by atoms with Crippen LogP contribution in [0.15, 0.2) is 36.5 Å². The molecular formula is C52H99NO4. The maximum absolute atomic E-state index is 12.5. The second-order valence-corrected chi connectivity index (χ2v) is 17.4. The van der Waals surface area contributed by atoms with Crippen molar-refractivity contribution in [2.75, 3.05) is 6.61 Å². The minimum absolute atomic E-state index is 0.376. The Bertz CT molecular complexity index is 885. The molecule has 0 rings (SSSR count). The Morgan fingerprint density at radius 1 is 0.421 bits per heavy atom. The van der Waals surface area contributed by atoms with Crippen molar-refractivity contribution in [2.45, 2.75) is 283 Å². The summed E-state index contributed by atoms with van der Waals surface area (Å²) in [6.45, 7) is 4.19. The van der Waals surface area contributed by atoms with Gasteiger partial charge in [0.2, 0.25) is 5.91 Å². The third-order valence-electron chi connectivity index (χ3n) is 11.7. The van der Waals surface area contributed by atoms with E-state index in [1.165, 1.54) is 205 Å². The molecule has 0 aromatic heterocycles. The molecule has 3 atom stereocenters. The maximum Gasteiger partial charge on any atom is 0.249 e. The van der Waals surface area contributed by atoms with Crippen molar-refractivity contribution in [1.29, 1.82) is 0 Å². The molecule has 0 aromatic rings. The molecule has 5 heteroatoms. The summed E-state index contributed by atoms with van der Waals surface area (Å²) < 4.78 is 0. The monoisotopic (exact) mass is 802 g/mol. The molecular weight excluding hydrogens is 703 g/mol. The van der Waals surface area contributed by atoms with Crippen LogP contribution in [0.25, 0.3) is 0 Å². The number of hydrogen-bond donors (Lipinski definition) is 4. The van der Waals surface area contributed by atoms with Crippen LogP contribution in [-0.2, 0) is 4.79 Å². The Kier molecular flexibility index (Phi) is 46.1. The number of carbonyl (C=O) groups excluding carboxylic acids is 1. The van der Waals surface area contributed by atoms with Gasteiger partial charge in [0.25, 0.3) is 0 Å². The van der Waals surface area contributed by atoms with Gasteiger partial charge in [-0.1, -0.05) is 243 Å². The van der Waals surface area contributed by atoms with E-state index in [9.17, 15) is 20.1 Å². The highest BCUT2D eigenvalue weighted by molar-refractivity contribution is 5.80. The van der Waals surface area contributed by atoms with Crippen molar-refractivity contribution < 1.29 is 20.1 Å². The zero-order chi connectivity index (χ0) is 41.5. The molecule has 0 aliphatic rings. The molecule has 0 radical (unpaired) electrons. The number of carbonyl (C=O) groups is 1. The molecule has 4 N–H and O–H groups in total. The number of hydrogen-bond acceptors (Lipinski definition) is 4. The van der Waals surface area contributed by atoms with Gasteiger partial charge in [0, 0.05) is 0 Å². The van der Waals surface area contributed by atoms with Gasteiger partial charge in [-0.25, -0.2) is 0 Å². The standard InChI is InChI=1S/C52H99NO4/c1-3-5-7-9-11-13-15-17-19-21-23-24-25-26-27-29-31-33-35-37-39-41-43-45-47-51(56)52(57)53-49(48-54)50(55)46-44-42-40-38-36-34-32-30-28-22-20-18-16-14-12-10-8-6-4-2/h26-27,36,38,44,46,49-51,54-56H,3-25,28-35,37,39-43,45,47-48H2,1-2H3,(H,53,57)/b27-26-,38-36+,46-44+. The summed E-state index contributed by atoms with van der Waals surface area (Å²) in [5.41, 5.74) is 0. The van der Waals surface area contributed by atoms with Gasteiger partial charge in [0.15, 0.2) is 0 Å². The number of allylic oxidation sites excluding steroid dienone is 5. The first-order valence-corrected chi connectivity index (χ1v) is 25.3. The number of aliphatic hydroxyl groups excluding tert-OH is 3. The highest BCUT2D eigenvalue weighted by Gasteiger charge is 2.22. The van der Waals surface area contributed by atoms with Crippen LogP contribution < -0.4 is 5.32 Å². The normalized spacial score (nSPS) is 13.7. The summed E-state index contributed by atoms with van der Waals surface area (Å²) >= 11 is 0. The number of nitrogens with one attached hydrogen (secondary N) is 1. The van der Waals surface area contributed by atoms with E-state index in [1.807, 2.05) is 6.08 Å². The van der Waals surface area contributed by atoms with E-state index < -0.39 is 24.2 Å². The van der Waals surface area contributed by atoms with Crippen LogP contribution in [-0.4, -0.2) is 46.1 Å². The fraction of sp³-hybridized carbons (Fsp3) is 0.865. The van der Waals surface area contributed by atoms with Gasteiger partial charge in [-0.2, -0.15) is 0 Å². The SMILES string of the molecule is CCCCCCCCCCCCCC/C=C\CCCCCCCCCCC(O)C(=O)NC(CO)C(O)/C=C/CC/C=C/CCCCCCCCCCCCCCC. The molecule has 0 spiro atoms. The van der Waals surface area contributed by atoms with Gasteiger partial charge < -0.3 is 20.6 Å². The smallest absolute Gasteiger partial charge is 0.249 e. The van der Waals surface area contributed by atoms with Gasteiger partial charge in [-0.15, -0.1) is 0 Å². The molecule has 0 aliphatic heterocycles. The van der Waals surface area contributed by atoms with Crippen LogP contribution in [0.4, 0.5) is 0 Å². The molecule has 0 aromatic carbocycles. The highest BCUT2D eigenvalue weighted by Crippen LogP contribution is 2.16. The summed E-state index contributed by atoms with van der Waals surface area (Å²) in [5.74, 6) is -0.513. The summed E-state index contributed by atoms with van der Waals surface area (Å²) in [4.78, 5) is 12.5. The van der Waals surface area contributed by atoms with Gasteiger partial charge in [0.05, 0.1) is 18.8 Å². The zero-order valence-electron chi connectivity index (χ0n) is 38.2. The lowest BCUT2D eigenvalue weighted by molar-refractivity contribution is -0.131. The van der Waals surface area contributed by atoms with Crippen molar-refractivity contribution in [3.63, 3.8) is 0 Å². The first-order chi connectivity index (χ1) is 28.1. The predicted molar refractivity (Wildman–Crippen MR) is 250 cm³/mol. The second-order valence-electron chi connectivity index (χ2n) is 17.4. The van der Waals surface area contributed by atoms with Gasteiger partial charge in [0.1, 0.15) is 6.10 Å². The minimum Gasteiger partial charge on any atom is -0.394 e. The maximum atomic E-state index is 12.5. The van der Waals surface area contributed by atoms with Crippen LogP contribution in [0, 0.1) is 0 Å². The first kappa shape index (κ1) is 55.6. The van der Waals surface area contributed by atoms with Crippen LogP contribution >= 0.6 is 0 Å². The largest absolute Gasteiger partial charge is 0.394 e. The first-order valence-electron chi connectivity index (χ1n) is 25.3. The van der Waals surface area contributed by atoms with Crippen molar-refractivity contribution in [3.05, 3.63) is 36.5 Å². The Morgan fingerprint density at radius 3 is 1.07 bits per heavy atom. The Hall–Kier alpha value is -1.43. The summed E-state index contributed by atoms with van der Waals surface area (Å²) in [6, 6.07) is -0.816. The van der Waals surface area contributed by atoms with E-state index in [4.69, 9.17) is 0 Å². The van der Waals surface area contributed by atoms with E-state index in [0.29, 0.717) is 6.42 Å². The topological polar surface area (TPSA) is 89.8 Å². The summed E-state index contributed by atoms with van der Waals surface area (Å²) in [6.07, 6.45) is 60.6. The van der Waals surface area contributed by atoms with Crippen molar-refractivity contribution >= 4 is 5.91 Å². The van der Waals surface area contributed by atoms with Gasteiger partial charge >= 0.3 is 0 Å². The van der Waals surface area contributed by atoms with Crippen molar-refractivity contribution in [1.82, 2.24) is 5.32 Å². The van der Waals surface area contributed by atoms with Crippen molar-refractivity contribution in [2.24, 2.45) is 0 Å². The fourth-order valence-electron chi connectivity index (χ4n) is 7.73. The van der Waals surface area contributed by atoms with Crippen LogP contribution in [0.2, 0.25) is 0 Å². The molecule has 57 heavy (non-hydrogen) atoms. The third-order valence-corrected chi connectivity index (χ3v) is 11.7. The average molecular weight is 802 g/mol. The van der Waals surface area contributed by atoms with Gasteiger partial charge in [-0.3, -0.25) is 4.79 Å². The molecule has 0 saturated carbocycles. The number of unbranched alkanes of at least 4 members (excludes halogenated alkanes) is 34. The Balaban J connectivity index is 3.65. The highest BCUT2D eigenvalue weighted by atomic mass is 16.3. The lowest BCUT2D eigenvalue weighted by Crippen LogP contribution is -2.48. The van der Waals surface area contributed by atoms with E-state index in [2.05, 4.69) is 43.5 Å². The van der Waals surface area contributed by atoms with E-state index >= 15 is 0 Å². The van der Waals surface area contributed by atoms with E-state index in [1.54, 1.807) is 6.08 Å². The van der Waals surface area contributed by atoms with Gasteiger partial charge in [-0.05, 0) is 57.8 Å². The molecule has 1 amide bonds. The van der Waals surface area contributed by atoms with Crippen molar-refractivity contribution in [3.8, 4) is 0 Å². The third kappa shape index (κ3) is 42.5. The number of rotatable bonds is 46. The van der Waals surface area contributed by atoms with E-state index in [-0.39, 0.29) is 6.61 Å². The predicted octanol–water partition coefficient (Wildman–Crippen LogP) is 15.1. The molecule has 0 saturated heterocycles. The Morgan fingerprint density at radius 2 is 0.719 bits per heavy atom. The molecule has 336 valence electrons. The molecule has 0 bridgehead atoms. The van der Waals surface area contributed by atoms with Crippen LogP contribution in [0.1, 0.15) is 264 Å². The number of aliphatic hydroxyl groups is 3. The lowest BCUT2D eigenvalue weighted by atomic mass is 10.0. The molecule has 5 nitrogen and oxygen atoms in total. The Labute approximate surface area is 355 Å². The average Bonchev–Trinajstić information content (AvgIpc) is 3.22. The quantitative estimate of drug-likeness (QED) is 0.0365. The summed E-state index contributed by atoms with van der Waals surface area (Å²) in [7, 11) is 0. The van der Waals surface area contributed by atoms with Crippen LogP contribution in [0.3, 0.4) is 0 Å². The molecule has 0 fully saturated rings. The van der Waals surface area contributed by atoms with E-state index in [0.717, 1.165) is 38.5 Å². The minimum atomic E-state index is -1.11. The van der Waals surface area contributed by atoms with Crippen LogP contribution in [0.5, 0.6) is 0 Å². The lowest BCUT2D eigenvalue weighted by Gasteiger charge is -2.21. The molecule has 3 unspecified atom stereocenters. The molecule has 0 aliphatic carbocycles. The summed E-state index contributed by atoms with van der Waals surface area (Å²) in [5, 5.41) is 33.2. The number of amides is 1. The fourth-order valence-corrected chi connectivity index (χ4v) is 7.73. The molecule has 0 heterocycles. The zero-order valence-corrected chi connectivity index (χ0v) is 38.2.